The van der Waals surface area contributed by atoms with Crippen molar-refractivity contribution < 1.29 is 14.7 Å². The van der Waals surface area contributed by atoms with Crippen LogP contribution in [0.4, 0.5) is 4.79 Å². The summed E-state index contributed by atoms with van der Waals surface area (Å²) in [6.07, 6.45) is 6.30. The highest BCUT2D eigenvalue weighted by Gasteiger charge is 2.40. The van der Waals surface area contributed by atoms with Crippen LogP contribution < -0.4 is 5.32 Å². The van der Waals surface area contributed by atoms with Gasteiger partial charge in [0.25, 0.3) is 5.91 Å². The maximum absolute atomic E-state index is 11.8. The van der Waals surface area contributed by atoms with Crippen molar-refractivity contribution in [3.8, 4) is 0 Å². The molecule has 0 aromatic heterocycles. The Kier molecular flexibility index (Phi) is 4.85. The first kappa shape index (κ1) is 14.2. The van der Waals surface area contributed by atoms with Crippen LogP contribution in [0.3, 0.4) is 0 Å². The summed E-state index contributed by atoms with van der Waals surface area (Å²) in [5.41, 5.74) is 0.642. The maximum Gasteiger partial charge on any atom is 0.325 e. The SMILES string of the molecule is C=C(/C=C\C=C/C)CN1C(=O)NC(C(C)O)C1=O. The smallest absolute Gasteiger partial charge is 0.325 e. The van der Waals surface area contributed by atoms with E-state index < -0.39 is 24.1 Å². The van der Waals surface area contributed by atoms with Crippen molar-refractivity contribution in [2.24, 2.45) is 0 Å². The van der Waals surface area contributed by atoms with Gasteiger partial charge in [-0.25, -0.2) is 4.79 Å². The van der Waals surface area contributed by atoms with E-state index in [4.69, 9.17) is 0 Å². The molecule has 5 nitrogen and oxygen atoms in total. The molecule has 1 aliphatic heterocycles. The number of amides is 3. The summed E-state index contributed by atoms with van der Waals surface area (Å²) in [5, 5.41) is 11.8. The van der Waals surface area contributed by atoms with Crippen molar-refractivity contribution in [2.75, 3.05) is 6.54 Å². The lowest BCUT2D eigenvalue weighted by molar-refractivity contribution is -0.129. The molecule has 0 aromatic rings. The van der Waals surface area contributed by atoms with Gasteiger partial charge in [0.1, 0.15) is 6.04 Å². The standard InChI is InChI=1S/C13H18N2O3/c1-4-5-6-7-9(2)8-15-12(17)11(10(3)16)14-13(15)18/h4-7,10-11,16H,2,8H2,1,3H3,(H,14,18)/b5-4-,7-6-. The number of hydrogen-bond donors (Lipinski definition) is 2. The van der Waals surface area contributed by atoms with Crippen molar-refractivity contribution in [2.45, 2.75) is 26.0 Å². The Labute approximate surface area is 106 Å². The molecule has 1 fully saturated rings. The molecule has 98 valence electrons. The van der Waals surface area contributed by atoms with Gasteiger partial charge in [-0.3, -0.25) is 9.69 Å². The van der Waals surface area contributed by atoms with E-state index in [1.807, 2.05) is 19.1 Å². The second kappa shape index (κ2) is 6.16. The first-order valence-electron chi connectivity index (χ1n) is 5.74. The lowest BCUT2D eigenvalue weighted by Gasteiger charge is -2.13. The van der Waals surface area contributed by atoms with Gasteiger partial charge >= 0.3 is 6.03 Å². The summed E-state index contributed by atoms with van der Waals surface area (Å²) in [6.45, 7) is 7.25. The molecule has 2 atom stereocenters. The van der Waals surface area contributed by atoms with E-state index in [1.54, 1.807) is 12.2 Å². The molecule has 0 aromatic carbocycles. The molecule has 1 aliphatic rings. The Bertz CT molecular complexity index is 410. The Morgan fingerprint density at radius 3 is 2.72 bits per heavy atom. The fourth-order valence-corrected chi connectivity index (χ4v) is 1.58. The molecule has 18 heavy (non-hydrogen) atoms. The van der Waals surface area contributed by atoms with Gasteiger partial charge in [-0.05, 0) is 19.4 Å². The fourth-order valence-electron chi connectivity index (χ4n) is 1.58. The lowest BCUT2D eigenvalue weighted by Crippen LogP contribution is -2.39. The van der Waals surface area contributed by atoms with Crippen molar-refractivity contribution >= 4 is 11.9 Å². The van der Waals surface area contributed by atoms with E-state index in [9.17, 15) is 14.7 Å². The number of nitrogens with one attached hydrogen (secondary N) is 1. The third-order valence-electron chi connectivity index (χ3n) is 2.54. The average Bonchev–Trinajstić information content (AvgIpc) is 2.57. The predicted octanol–water partition coefficient (Wildman–Crippen LogP) is 0.976. The predicted molar refractivity (Wildman–Crippen MR) is 68.8 cm³/mol. The van der Waals surface area contributed by atoms with Crippen LogP contribution in [0.5, 0.6) is 0 Å². The first-order valence-corrected chi connectivity index (χ1v) is 5.74. The highest BCUT2D eigenvalue weighted by Crippen LogP contribution is 2.11. The minimum Gasteiger partial charge on any atom is -0.391 e. The van der Waals surface area contributed by atoms with Crippen molar-refractivity contribution in [1.82, 2.24) is 10.2 Å². The second-order valence-corrected chi connectivity index (χ2v) is 4.14. The van der Waals surface area contributed by atoms with Crippen molar-refractivity contribution in [1.29, 1.82) is 0 Å². The molecular formula is C13H18N2O3. The topological polar surface area (TPSA) is 69.6 Å². The zero-order valence-corrected chi connectivity index (χ0v) is 10.6. The number of urea groups is 1. The number of rotatable bonds is 5. The Morgan fingerprint density at radius 2 is 2.22 bits per heavy atom. The highest BCUT2D eigenvalue weighted by molar-refractivity contribution is 6.04. The van der Waals surface area contributed by atoms with E-state index in [1.165, 1.54) is 6.92 Å². The van der Waals surface area contributed by atoms with Crippen LogP contribution in [0.1, 0.15) is 13.8 Å². The molecule has 1 rings (SSSR count). The van der Waals surface area contributed by atoms with Gasteiger partial charge in [0, 0.05) is 0 Å². The number of carbonyl (C=O) groups is 2. The fraction of sp³-hybridized carbons (Fsp3) is 0.385. The van der Waals surface area contributed by atoms with Crippen molar-refractivity contribution in [3.63, 3.8) is 0 Å². The van der Waals surface area contributed by atoms with Crippen LogP contribution in [0.25, 0.3) is 0 Å². The van der Waals surface area contributed by atoms with Crippen LogP contribution >= 0.6 is 0 Å². The quantitative estimate of drug-likeness (QED) is 0.564. The second-order valence-electron chi connectivity index (χ2n) is 4.14. The molecule has 5 heteroatoms. The van der Waals surface area contributed by atoms with Crippen LogP contribution in [0, 0.1) is 0 Å². The van der Waals surface area contributed by atoms with Crippen LogP contribution in [-0.2, 0) is 4.79 Å². The molecule has 1 heterocycles. The van der Waals surface area contributed by atoms with Gasteiger partial charge in [0.05, 0.1) is 12.6 Å². The molecule has 0 radical (unpaired) electrons. The minimum atomic E-state index is -0.904. The number of allylic oxidation sites excluding steroid dienone is 3. The van der Waals surface area contributed by atoms with Gasteiger partial charge in [-0.1, -0.05) is 30.9 Å². The van der Waals surface area contributed by atoms with E-state index in [2.05, 4.69) is 11.9 Å². The molecule has 0 saturated carbocycles. The lowest BCUT2D eigenvalue weighted by atomic mass is 10.2. The van der Waals surface area contributed by atoms with E-state index in [0.717, 1.165) is 4.90 Å². The molecule has 1 saturated heterocycles. The van der Waals surface area contributed by atoms with Crippen LogP contribution in [0.2, 0.25) is 0 Å². The molecular weight excluding hydrogens is 232 g/mol. The zero-order chi connectivity index (χ0) is 13.7. The minimum absolute atomic E-state index is 0.127. The number of carbonyl (C=O) groups excluding carboxylic acids is 2. The molecule has 0 aliphatic carbocycles. The van der Waals surface area contributed by atoms with Gasteiger partial charge in [-0.2, -0.15) is 0 Å². The van der Waals surface area contributed by atoms with Crippen LogP contribution in [0.15, 0.2) is 36.5 Å². The Morgan fingerprint density at radius 1 is 1.56 bits per heavy atom. The number of aliphatic hydroxyl groups is 1. The van der Waals surface area contributed by atoms with E-state index >= 15 is 0 Å². The largest absolute Gasteiger partial charge is 0.391 e. The van der Waals surface area contributed by atoms with E-state index in [0.29, 0.717) is 5.57 Å². The number of imide groups is 1. The number of aliphatic hydroxyl groups excluding tert-OH is 1. The summed E-state index contributed by atoms with van der Waals surface area (Å²) >= 11 is 0. The molecule has 2 unspecified atom stereocenters. The Hall–Kier alpha value is -1.88. The van der Waals surface area contributed by atoms with E-state index in [-0.39, 0.29) is 6.54 Å². The van der Waals surface area contributed by atoms with Gasteiger partial charge in [-0.15, -0.1) is 0 Å². The molecule has 0 bridgehead atoms. The third kappa shape index (κ3) is 3.30. The third-order valence-corrected chi connectivity index (χ3v) is 2.54. The summed E-state index contributed by atoms with van der Waals surface area (Å²) in [7, 11) is 0. The van der Waals surface area contributed by atoms with Crippen molar-refractivity contribution in [3.05, 3.63) is 36.5 Å². The Balaban J connectivity index is 2.65. The highest BCUT2D eigenvalue weighted by atomic mass is 16.3. The first-order chi connectivity index (χ1) is 8.47. The molecule has 2 N–H and O–H groups in total. The zero-order valence-electron chi connectivity index (χ0n) is 10.6. The summed E-state index contributed by atoms with van der Waals surface area (Å²) in [6, 6.07) is -1.35. The van der Waals surface area contributed by atoms with Gasteiger partial charge in [0.15, 0.2) is 0 Å². The molecule has 3 amide bonds. The normalized spacial score (nSPS) is 21.9. The molecule has 0 spiro atoms. The van der Waals surface area contributed by atoms with Crippen LogP contribution in [-0.4, -0.2) is 40.6 Å². The average molecular weight is 250 g/mol. The van der Waals surface area contributed by atoms with Gasteiger partial charge < -0.3 is 10.4 Å². The number of nitrogens with zero attached hydrogens (tertiary/aromatic N) is 1. The summed E-state index contributed by atoms with van der Waals surface area (Å²) in [5.74, 6) is -0.421. The van der Waals surface area contributed by atoms with Gasteiger partial charge in [0.2, 0.25) is 0 Å². The summed E-state index contributed by atoms with van der Waals surface area (Å²) < 4.78 is 0. The monoisotopic (exact) mass is 250 g/mol. The maximum atomic E-state index is 11.8. The number of hydrogen-bond acceptors (Lipinski definition) is 3. The summed E-state index contributed by atoms with van der Waals surface area (Å²) in [4.78, 5) is 24.5.